The van der Waals surface area contributed by atoms with E-state index in [1.165, 1.54) is 20.0 Å². The van der Waals surface area contributed by atoms with Crippen LogP contribution in [0.25, 0.3) is 0 Å². The summed E-state index contributed by atoms with van der Waals surface area (Å²) in [5.74, 6) is -0.276. The number of piperazine rings is 1. The zero-order valence-corrected chi connectivity index (χ0v) is 11.7. The molecule has 19 heavy (non-hydrogen) atoms. The lowest BCUT2D eigenvalue weighted by molar-refractivity contribution is 0.0601. The molecule has 1 atom stereocenters. The van der Waals surface area contributed by atoms with Gasteiger partial charge in [0, 0.05) is 31.4 Å². The van der Waals surface area contributed by atoms with Crippen molar-refractivity contribution < 1.29 is 9.53 Å². The van der Waals surface area contributed by atoms with Crippen LogP contribution in [-0.2, 0) is 4.74 Å². The molecule has 0 aliphatic carbocycles. The summed E-state index contributed by atoms with van der Waals surface area (Å²) in [5.41, 5.74) is 1.72. The number of hydrogen-bond acceptors (Lipinski definition) is 4. The topological polar surface area (TPSA) is 41.6 Å². The summed E-state index contributed by atoms with van der Waals surface area (Å²) in [5, 5.41) is 3.54. The first-order valence-corrected chi connectivity index (χ1v) is 6.91. The molecule has 1 aliphatic rings. The molecule has 1 aromatic rings. The molecule has 1 aliphatic heterocycles. The number of anilines is 1. The number of nitrogens with one attached hydrogen (secondary N) is 1. The van der Waals surface area contributed by atoms with Gasteiger partial charge in [-0.3, -0.25) is 0 Å². The number of hydrogen-bond donors (Lipinski definition) is 1. The maximum atomic E-state index is 11.6. The lowest BCUT2D eigenvalue weighted by Gasteiger charge is -2.35. The Balaban J connectivity index is 2.10. The summed E-state index contributed by atoms with van der Waals surface area (Å²) < 4.78 is 4.77. The van der Waals surface area contributed by atoms with E-state index in [0.717, 1.165) is 25.3 Å². The predicted molar refractivity (Wildman–Crippen MR) is 76.7 cm³/mol. The van der Waals surface area contributed by atoms with E-state index < -0.39 is 0 Å². The third-order valence-electron chi connectivity index (χ3n) is 3.53. The van der Waals surface area contributed by atoms with Gasteiger partial charge in [-0.2, -0.15) is 0 Å². The van der Waals surface area contributed by atoms with Gasteiger partial charge in [-0.05, 0) is 24.6 Å². The maximum absolute atomic E-state index is 11.6. The smallest absolute Gasteiger partial charge is 0.337 e. The van der Waals surface area contributed by atoms with E-state index in [9.17, 15) is 4.79 Å². The SMILES string of the molecule is CCC[C@@H]1CN(c2cccc(C(=O)OC)c2)CCN1. The van der Waals surface area contributed by atoms with E-state index in [-0.39, 0.29) is 5.97 Å². The number of rotatable bonds is 4. The summed E-state index contributed by atoms with van der Waals surface area (Å²) in [6.45, 7) is 5.18. The van der Waals surface area contributed by atoms with Crippen LogP contribution in [0.2, 0.25) is 0 Å². The van der Waals surface area contributed by atoms with E-state index in [2.05, 4.69) is 23.2 Å². The number of esters is 1. The minimum Gasteiger partial charge on any atom is -0.465 e. The van der Waals surface area contributed by atoms with Gasteiger partial charge in [0.2, 0.25) is 0 Å². The van der Waals surface area contributed by atoms with Gasteiger partial charge in [0.25, 0.3) is 0 Å². The first-order valence-electron chi connectivity index (χ1n) is 6.91. The Morgan fingerprint density at radius 1 is 1.53 bits per heavy atom. The van der Waals surface area contributed by atoms with Gasteiger partial charge in [-0.15, -0.1) is 0 Å². The molecular weight excluding hydrogens is 240 g/mol. The molecular formula is C15H22N2O2. The average molecular weight is 262 g/mol. The van der Waals surface area contributed by atoms with Crippen molar-refractivity contribution >= 4 is 11.7 Å². The third-order valence-corrected chi connectivity index (χ3v) is 3.53. The highest BCUT2D eigenvalue weighted by atomic mass is 16.5. The molecule has 1 saturated heterocycles. The number of ether oxygens (including phenoxy) is 1. The van der Waals surface area contributed by atoms with E-state index in [1.807, 2.05) is 12.1 Å². The fraction of sp³-hybridized carbons (Fsp3) is 0.533. The highest BCUT2D eigenvalue weighted by Crippen LogP contribution is 2.19. The van der Waals surface area contributed by atoms with Crippen LogP contribution < -0.4 is 10.2 Å². The summed E-state index contributed by atoms with van der Waals surface area (Å²) in [4.78, 5) is 13.9. The quantitative estimate of drug-likeness (QED) is 0.843. The number of carbonyl (C=O) groups is 1. The first-order chi connectivity index (χ1) is 9.24. The monoisotopic (exact) mass is 262 g/mol. The Morgan fingerprint density at radius 2 is 2.37 bits per heavy atom. The molecule has 0 saturated carbocycles. The fourth-order valence-corrected chi connectivity index (χ4v) is 2.55. The summed E-state index contributed by atoms with van der Waals surface area (Å²) >= 11 is 0. The Hall–Kier alpha value is -1.55. The molecule has 1 N–H and O–H groups in total. The van der Waals surface area contributed by atoms with Crippen LogP contribution in [0.3, 0.4) is 0 Å². The molecule has 0 amide bonds. The third kappa shape index (κ3) is 3.47. The molecule has 1 heterocycles. The van der Waals surface area contributed by atoms with E-state index in [1.54, 1.807) is 6.07 Å². The Kier molecular flexibility index (Phi) is 4.80. The van der Waals surface area contributed by atoms with E-state index >= 15 is 0 Å². The molecule has 1 aromatic carbocycles. The standard InChI is InChI=1S/C15H22N2O2/c1-3-5-13-11-17(9-8-16-13)14-7-4-6-12(10-14)15(18)19-2/h4,6-7,10,13,16H,3,5,8-9,11H2,1-2H3/t13-/m1/s1. The molecule has 0 aromatic heterocycles. The van der Waals surface area contributed by atoms with Crippen molar-refractivity contribution in [2.45, 2.75) is 25.8 Å². The first kappa shape index (κ1) is 13.9. The van der Waals surface area contributed by atoms with Crippen molar-refractivity contribution in [1.82, 2.24) is 5.32 Å². The molecule has 104 valence electrons. The lowest BCUT2D eigenvalue weighted by Crippen LogP contribution is -2.50. The number of carbonyl (C=O) groups excluding carboxylic acids is 1. The van der Waals surface area contributed by atoms with Crippen molar-refractivity contribution in [3.8, 4) is 0 Å². The summed E-state index contributed by atoms with van der Waals surface area (Å²) in [7, 11) is 1.41. The molecule has 4 nitrogen and oxygen atoms in total. The van der Waals surface area contributed by atoms with E-state index in [4.69, 9.17) is 4.74 Å². The van der Waals surface area contributed by atoms with E-state index in [0.29, 0.717) is 11.6 Å². The van der Waals surface area contributed by atoms with Crippen molar-refractivity contribution in [1.29, 1.82) is 0 Å². The van der Waals surface area contributed by atoms with Gasteiger partial charge >= 0.3 is 5.97 Å². The summed E-state index contributed by atoms with van der Waals surface area (Å²) in [6.07, 6.45) is 2.38. The van der Waals surface area contributed by atoms with Crippen LogP contribution in [0.1, 0.15) is 30.1 Å². The molecule has 1 fully saturated rings. The van der Waals surface area contributed by atoms with Gasteiger partial charge in [-0.1, -0.05) is 19.4 Å². The highest BCUT2D eigenvalue weighted by Gasteiger charge is 2.19. The molecule has 4 heteroatoms. The fourth-order valence-electron chi connectivity index (χ4n) is 2.55. The Bertz CT molecular complexity index is 432. The molecule has 0 radical (unpaired) electrons. The second-order valence-electron chi connectivity index (χ2n) is 4.93. The number of methoxy groups -OCH3 is 1. The van der Waals surface area contributed by atoms with Crippen molar-refractivity contribution in [2.75, 3.05) is 31.6 Å². The van der Waals surface area contributed by atoms with Gasteiger partial charge in [0.05, 0.1) is 12.7 Å². The number of nitrogens with zero attached hydrogens (tertiary/aromatic N) is 1. The van der Waals surface area contributed by atoms with Crippen molar-refractivity contribution in [3.05, 3.63) is 29.8 Å². The van der Waals surface area contributed by atoms with Crippen LogP contribution in [0.5, 0.6) is 0 Å². The maximum Gasteiger partial charge on any atom is 0.337 e. The van der Waals surface area contributed by atoms with Crippen LogP contribution in [0.15, 0.2) is 24.3 Å². The molecule has 2 rings (SSSR count). The normalized spacial score (nSPS) is 19.3. The molecule has 0 spiro atoms. The lowest BCUT2D eigenvalue weighted by atomic mass is 10.1. The van der Waals surface area contributed by atoms with Crippen LogP contribution >= 0.6 is 0 Å². The minimum atomic E-state index is -0.276. The zero-order chi connectivity index (χ0) is 13.7. The van der Waals surface area contributed by atoms with Crippen molar-refractivity contribution in [2.24, 2.45) is 0 Å². The van der Waals surface area contributed by atoms with Gasteiger partial charge in [-0.25, -0.2) is 4.79 Å². The molecule has 0 bridgehead atoms. The summed E-state index contributed by atoms with van der Waals surface area (Å²) in [6, 6.07) is 8.22. The van der Waals surface area contributed by atoms with Crippen LogP contribution in [0.4, 0.5) is 5.69 Å². The Labute approximate surface area is 114 Å². The predicted octanol–water partition coefficient (Wildman–Crippen LogP) is 2.05. The van der Waals surface area contributed by atoms with Gasteiger partial charge in [0.15, 0.2) is 0 Å². The molecule has 0 unspecified atom stereocenters. The largest absolute Gasteiger partial charge is 0.465 e. The van der Waals surface area contributed by atoms with Gasteiger partial charge < -0.3 is 15.0 Å². The highest BCUT2D eigenvalue weighted by molar-refractivity contribution is 5.90. The second kappa shape index (κ2) is 6.57. The Morgan fingerprint density at radius 3 is 3.11 bits per heavy atom. The van der Waals surface area contributed by atoms with Crippen LogP contribution in [-0.4, -0.2) is 38.8 Å². The zero-order valence-electron chi connectivity index (χ0n) is 11.7. The number of benzene rings is 1. The second-order valence-corrected chi connectivity index (χ2v) is 4.93. The van der Waals surface area contributed by atoms with Gasteiger partial charge in [0.1, 0.15) is 0 Å². The minimum absolute atomic E-state index is 0.276. The van der Waals surface area contributed by atoms with Crippen LogP contribution in [0, 0.1) is 0 Å². The average Bonchev–Trinajstić information content (AvgIpc) is 2.47. The van der Waals surface area contributed by atoms with Crippen molar-refractivity contribution in [3.63, 3.8) is 0 Å².